The van der Waals surface area contributed by atoms with Gasteiger partial charge >= 0.3 is 0 Å². The van der Waals surface area contributed by atoms with Crippen molar-refractivity contribution in [2.75, 3.05) is 13.6 Å². The third-order valence-corrected chi connectivity index (χ3v) is 2.61. The molecule has 1 aromatic rings. The molecule has 1 aromatic heterocycles. The number of hydrogen-bond acceptors (Lipinski definition) is 2. The number of aromatic nitrogens is 1. The Morgan fingerprint density at radius 3 is 2.80 bits per heavy atom. The normalized spacial score (nSPS) is 10.5. The molecule has 1 rings (SSSR count). The van der Waals surface area contributed by atoms with E-state index in [1.54, 1.807) is 23.2 Å². The minimum absolute atomic E-state index is 0.00340. The molecule has 0 unspecified atom stereocenters. The van der Waals surface area contributed by atoms with Crippen LogP contribution in [0.25, 0.3) is 0 Å². The summed E-state index contributed by atoms with van der Waals surface area (Å²) < 4.78 is 0.602. The van der Waals surface area contributed by atoms with E-state index in [0.29, 0.717) is 16.1 Å². The third-order valence-electron chi connectivity index (χ3n) is 1.98. The highest BCUT2D eigenvalue weighted by Crippen LogP contribution is 2.14. The summed E-state index contributed by atoms with van der Waals surface area (Å²) in [6, 6.07) is 3.54. The van der Waals surface area contributed by atoms with Crippen molar-refractivity contribution in [2.45, 2.75) is 13.8 Å². The van der Waals surface area contributed by atoms with Crippen LogP contribution < -0.4 is 0 Å². The van der Waals surface area contributed by atoms with E-state index in [1.165, 1.54) is 0 Å². The Kier molecular flexibility index (Phi) is 4.27. The van der Waals surface area contributed by atoms with Crippen molar-refractivity contribution >= 4 is 21.8 Å². The smallest absolute Gasteiger partial charge is 0.256 e. The van der Waals surface area contributed by atoms with Crippen LogP contribution in [0.5, 0.6) is 0 Å². The van der Waals surface area contributed by atoms with Gasteiger partial charge in [0.1, 0.15) is 4.60 Å². The zero-order chi connectivity index (χ0) is 11.4. The molecule has 0 aromatic carbocycles. The second kappa shape index (κ2) is 5.26. The molecule has 1 amide bonds. The molecule has 0 aliphatic heterocycles. The summed E-state index contributed by atoms with van der Waals surface area (Å²) in [5.74, 6) is 0.470. The Bertz CT molecular complexity index is 352. The minimum atomic E-state index is 0.00340. The van der Waals surface area contributed by atoms with Crippen molar-refractivity contribution in [3.05, 3.63) is 28.5 Å². The van der Waals surface area contributed by atoms with Crippen LogP contribution in [0.4, 0.5) is 0 Å². The average Bonchev–Trinajstić information content (AvgIpc) is 2.16. The lowest BCUT2D eigenvalue weighted by molar-refractivity contribution is 0.0777. The maximum Gasteiger partial charge on any atom is 0.256 e. The molecular weight excluding hydrogens is 256 g/mol. The fraction of sp³-hybridized carbons (Fsp3) is 0.455. The molecule has 0 fully saturated rings. The van der Waals surface area contributed by atoms with Crippen LogP contribution in [0.2, 0.25) is 0 Å². The SMILES string of the molecule is CC(C)CN(C)C(=O)c1cccnc1Br. The fourth-order valence-corrected chi connectivity index (χ4v) is 1.80. The number of rotatable bonds is 3. The zero-order valence-corrected chi connectivity index (χ0v) is 10.8. The number of halogens is 1. The van der Waals surface area contributed by atoms with Crippen LogP contribution in [0.3, 0.4) is 0 Å². The Labute approximate surface area is 98.6 Å². The van der Waals surface area contributed by atoms with Gasteiger partial charge in [0.05, 0.1) is 5.56 Å². The van der Waals surface area contributed by atoms with Crippen LogP contribution in [0.15, 0.2) is 22.9 Å². The number of hydrogen-bond donors (Lipinski definition) is 0. The summed E-state index contributed by atoms with van der Waals surface area (Å²) in [5.41, 5.74) is 0.612. The van der Waals surface area contributed by atoms with Crippen LogP contribution in [0, 0.1) is 5.92 Å². The van der Waals surface area contributed by atoms with Gasteiger partial charge in [-0.15, -0.1) is 0 Å². The molecule has 0 saturated heterocycles. The Morgan fingerprint density at radius 2 is 2.27 bits per heavy atom. The second-order valence-electron chi connectivity index (χ2n) is 3.92. The van der Waals surface area contributed by atoms with E-state index in [9.17, 15) is 4.79 Å². The number of pyridine rings is 1. The first-order valence-corrected chi connectivity index (χ1v) is 5.67. The summed E-state index contributed by atoms with van der Waals surface area (Å²) in [5, 5.41) is 0. The van der Waals surface area contributed by atoms with Crippen molar-refractivity contribution in [2.24, 2.45) is 5.92 Å². The van der Waals surface area contributed by atoms with E-state index in [-0.39, 0.29) is 5.91 Å². The molecule has 3 nitrogen and oxygen atoms in total. The summed E-state index contributed by atoms with van der Waals surface area (Å²) in [6.45, 7) is 4.92. The molecule has 0 N–H and O–H groups in total. The number of amides is 1. The van der Waals surface area contributed by atoms with Gasteiger partial charge in [-0.05, 0) is 34.0 Å². The lowest BCUT2D eigenvalue weighted by Crippen LogP contribution is -2.30. The van der Waals surface area contributed by atoms with E-state index >= 15 is 0 Å². The molecule has 0 aliphatic rings. The monoisotopic (exact) mass is 270 g/mol. The standard InChI is InChI=1S/C11H15BrN2O/c1-8(2)7-14(3)11(15)9-5-4-6-13-10(9)12/h4-6,8H,7H2,1-3H3. The first-order chi connectivity index (χ1) is 7.02. The lowest BCUT2D eigenvalue weighted by atomic mass is 10.2. The quantitative estimate of drug-likeness (QED) is 0.791. The van der Waals surface area contributed by atoms with E-state index < -0.39 is 0 Å². The molecule has 0 spiro atoms. The number of carbonyl (C=O) groups excluding carboxylic acids is 1. The summed E-state index contributed by atoms with van der Waals surface area (Å²) in [7, 11) is 1.81. The minimum Gasteiger partial charge on any atom is -0.341 e. The summed E-state index contributed by atoms with van der Waals surface area (Å²) in [4.78, 5) is 17.7. The molecule has 0 bridgehead atoms. The van der Waals surface area contributed by atoms with Gasteiger partial charge in [-0.1, -0.05) is 13.8 Å². The predicted molar refractivity (Wildman–Crippen MR) is 63.7 cm³/mol. The zero-order valence-electron chi connectivity index (χ0n) is 9.20. The van der Waals surface area contributed by atoms with Gasteiger partial charge in [0.15, 0.2) is 0 Å². The molecule has 15 heavy (non-hydrogen) atoms. The third kappa shape index (κ3) is 3.30. The van der Waals surface area contributed by atoms with E-state index in [0.717, 1.165) is 6.54 Å². The number of carbonyl (C=O) groups is 1. The molecule has 0 radical (unpaired) electrons. The van der Waals surface area contributed by atoms with Gasteiger partial charge in [-0.2, -0.15) is 0 Å². The first-order valence-electron chi connectivity index (χ1n) is 4.88. The molecule has 0 aliphatic carbocycles. The van der Waals surface area contributed by atoms with Gasteiger partial charge in [-0.3, -0.25) is 4.79 Å². The highest BCUT2D eigenvalue weighted by atomic mass is 79.9. The first kappa shape index (κ1) is 12.2. The van der Waals surface area contributed by atoms with E-state index in [1.807, 2.05) is 7.05 Å². The van der Waals surface area contributed by atoms with Crippen LogP contribution >= 0.6 is 15.9 Å². The lowest BCUT2D eigenvalue weighted by Gasteiger charge is -2.19. The topological polar surface area (TPSA) is 33.2 Å². The van der Waals surface area contributed by atoms with Crippen molar-refractivity contribution in [1.82, 2.24) is 9.88 Å². The Balaban J connectivity index is 2.81. The second-order valence-corrected chi connectivity index (χ2v) is 4.67. The van der Waals surface area contributed by atoms with Gasteiger partial charge < -0.3 is 4.90 Å². The molecular formula is C11H15BrN2O. The average molecular weight is 271 g/mol. The molecule has 0 atom stereocenters. The van der Waals surface area contributed by atoms with Gasteiger partial charge in [0.2, 0.25) is 0 Å². The van der Waals surface area contributed by atoms with Crippen LogP contribution in [-0.2, 0) is 0 Å². The molecule has 4 heteroatoms. The highest BCUT2D eigenvalue weighted by molar-refractivity contribution is 9.10. The van der Waals surface area contributed by atoms with Crippen molar-refractivity contribution in [3.8, 4) is 0 Å². The number of nitrogens with zero attached hydrogens (tertiary/aromatic N) is 2. The largest absolute Gasteiger partial charge is 0.341 e. The van der Waals surface area contributed by atoms with E-state index in [2.05, 4.69) is 34.8 Å². The summed E-state index contributed by atoms with van der Waals surface area (Å²) in [6.07, 6.45) is 1.66. The van der Waals surface area contributed by atoms with Gasteiger partial charge in [0, 0.05) is 19.8 Å². The fourth-order valence-electron chi connectivity index (χ4n) is 1.38. The van der Waals surface area contributed by atoms with Crippen molar-refractivity contribution < 1.29 is 4.79 Å². The molecule has 0 saturated carbocycles. The van der Waals surface area contributed by atoms with Crippen LogP contribution in [-0.4, -0.2) is 29.4 Å². The Hall–Kier alpha value is -0.900. The highest BCUT2D eigenvalue weighted by Gasteiger charge is 2.15. The molecule has 82 valence electrons. The maximum atomic E-state index is 12.0. The van der Waals surface area contributed by atoms with Gasteiger partial charge in [0.25, 0.3) is 5.91 Å². The van der Waals surface area contributed by atoms with Crippen molar-refractivity contribution in [1.29, 1.82) is 0 Å². The predicted octanol–water partition coefficient (Wildman–Crippen LogP) is 2.57. The Morgan fingerprint density at radius 1 is 1.60 bits per heavy atom. The van der Waals surface area contributed by atoms with E-state index in [4.69, 9.17) is 0 Å². The summed E-state index contributed by atoms with van der Waals surface area (Å²) >= 11 is 3.27. The molecule has 1 heterocycles. The maximum absolute atomic E-state index is 12.0. The van der Waals surface area contributed by atoms with Gasteiger partial charge in [-0.25, -0.2) is 4.98 Å². The van der Waals surface area contributed by atoms with Crippen molar-refractivity contribution in [3.63, 3.8) is 0 Å². The van der Waals surface area contributed by atoms with Crippen LogP contribution in [0.1, 0.15) is 24.2 Å².